The van der Waals surface area contributed by atoms with Crippen molar-refractivity contribution in [3.63, 3.8) is 0 Å². The van der Waals surface area contributed by atoms with Gasteiger partial charge in [-0.15, -0.1) is 5.10 Å². The zero-order valence-corrected chi connectivity index (χ0v) is 14.7. The van der Waals surface area contributed by atoms with Crippen molar-refractivity contribution in [3.05, 3.63) is 41.7 Å². The number of hydrogen-bond acceptors (Lipinski definition) is 8. The number of nitrogens with one attached hydrogen (secondary N) is 1. The van der Waals surface area contributed by atoms with Crippen LogP contribution in [0.4, 0.5) is 0 Å². The van der Waals surface area contributed by atoms with Gasteiger partial charge >= 0.3 is 0 Å². The Kier molecular flexibility index (Phi) is 6.01. The molecule has 0 saturated carbocycles. The molecule has 4 N–H and O–H groups in total. The van der Waals surface area contributed by atoms with E-state index in [1.165, 1.54) is 4.68 Å². The monoisotopic (exact) mass is 378 g/mol. The molecule has 10 heteroatoms. The van der Waals surface area contributed by atoms with E-state index in [-0.39, 0.29) is 25.7 Å². The highest BCUT2D eigenvalue weighted by atomic mass is 16.5. The van der Waals surface area contributed by atoms with Gasteiger partial charge in [-0.05, 0) is 18.2 Å². The van der Waals surface area contributed by atoms with E-state index >= 15 is 0 Å². The Morgan fingerprint density at radius 1 is 1.41 bits per heavy atom. The molecule has 2 aromatic rings. The highest BCUT2D eigenvalue weighted by Gasteiger charge is 2.39. The van der Waals surface area contributed by atoms with E-state index in [1.54, 1.807) is 37.5 Å². The van der Waals surface area contributed by atoms with Gasteiger partial charge in [-0.1, -0.05) is 11.3 Å². The Balaban J connectivity index is 1.63. The van der Waals surface area contributed by atoms with Gasteiger partial charge in [0.2, 0.25) is 0 Å². The smallest absolute Gasteiger partial charge is 0.251 e. The Morgan fingerprint density at radius 2 is 2.22 bits per heavy atom. The Morgan fingerprint density at radius 3 is 2.96 bits per heavy atom. The summed E-state index contributed by atoms with van der Waals surface area (Å²) >= 11 is 0. The first-order valence-corrected chi connectivity index (χ1v) is 8.47. The second kappa shape index (κ2) is 8.44. The summed E-state index contributed by atoms with van der Waals surface area (Å²) in [5.74, 6) is 0.297. The summed E-state index contributed by atoms with van der Waals surface area (Å²) in [6.07, 6.45) is -1.60. The van der Waals surface area contributed by atoms with E-state index in [9.17, 15) is 15.0 Å². The largest absolute Gasteiger partial charge is 0.487 e. The Labute approximate surface area is 155 Å². The van der Waals surface area contributed by atoms with Crippen LogP contribution >= 0.6 is 0 Å². The molecule has 1 fully saturated rings. The summed E-state index contributed by atoms with van der Waals surface area (Å²) in [5, 5.41) is 39.8. The lowest BCUT2D eigenvalue weighted by molar-refractivity contribution is -0.171. The number of rotatable bonds is 6. The molecule has 1 aliphatic heterocycles. The van der Waals surface area contributed by atoms with Gasteiger partial charge in [0.25, 0.3) is 5.91 Å². The van der Waals surface area contributed by atoms with Crippen LogP contribution in [0.5, 0.6) is 5.75 Å². The molecule has 0 radical (unpaired) electrons. The normalized spacial score (nSPS) is 25.2. The molecule has 1 saturated heterocycles. The van der Waals surface area contributed by atoms with Crippen LogP contribution in [0.25, 0.3) is 0 Å². The molecule has 2 heterocycles. The first kappa shape index (κ1) is 19.2. The van der Waals surface area contributed by atoms with Crippen molar-refractivity contribution in [1.29, 1.82) is 0 Å². The Bertz CT molecular complexity index is 782. The van der Waals surface area contributed by atoms with Crippen LogP contribution in [-0.4, -0.2) is 74.8 Å². The summed E-state index contributed by atoms with van der Waals surface area (Å²) in [6, 6.07) is 6.11. The number of amides is 1. The third-order valence-corrected chi connectivity index (χ3v) is 4.39. The number of aliphatic hydroxyl groups is 3. The van der Waals surface area contributed by atoms with Gasteiger partial charge in [0, 0.05) is 12.6 Å². The molecule has 1 aromatic carbocycles. The first-order chi connectivity index (χ1) is 13.0. The number of aromatic nitrogens is 3. The molecular formula is C17H22N4O6. The topological polar surface area (TPSA) is 139 Å². The third kappa shape index (κ3) is 4.25. The van der Waals surface area contributed by atoms with E-state index < -0.39 is 24.4 Å². The van der Waals surface area contributed by atoms with Gasteiger partial charge < -0.3 is 30.1 Å². The standard InChI is InChI=1S/C17H22N4O6/c1-18-17(25)10-3-2-4-12(5-10)26-8-11-6-21(20-19-11)13-9-27-14(7-22)16(24)15(13)23/h2-6,13-16,22-24H,7-9H2,1H3,(H,18,25)/t13-,14+,15+,16?/m0/s1. The molecule has 1 amide bonds. The molecule has 10 nitrogen and oxygen atoms in total. The van der Waals surface area contributed by atoms with Gasteiger partial charge in [-0.2, -0.15) is 0 Å². The molecule has 1 aromatic heterocycles. The number of aliphatic hydroxyl groups excluding tert-OH is 3. The van der Waals surface area contributed by atoms with E-state index in [0.29, 0.717) is 17.0 Å². The molecular weight excluding hydrogens is 356 g/mol. The summed E-state index contributed by atoms with van der Waals surface area (Å²) in [7, 11) is 1.55. The highest BCUT2D eigenvalue weighted by Crippen LogP contribution is 2.24. The first-order valence-electron chi connectivity index (χ1n) is 8.47. The molecule has 3 rings (SSSR count). The summed E-state index contributed by atoms with van der Waals surface area (Å²) < 4.78 is 12.4. The van der Waals surface area contributed by atoms with E-state index in [2.05, 4.69) is 15.6 Å². The highest BCUT2D eigenvalue weighted by molar-refractivity contribution is 5.94. The fourth-order valence-corrected chi connectivity index (χ4v) is 2.83. The maximum absolute atomic E-state index is 11.7. The van der Waals surface area contributed by atoms with Crippen molar-refractivity contribution >= 4 is 5.91 Å². The van der Waals surface area contributed by atoms with Crippen LogP contribution in [-0.2, 0) is 11.3 Å². The molecule has 1 unspecified atom stereocenters. The average Bonchev–Trinajstić information content (AvgIpc) is 3.16. The van der Waals surface area contributed by atoms with Gasteiger partial charge in [0.05, 0.1) is 19.4 Å². The van der Waals surface area contributed by atoms with Crippen LogP contribution in [0, 0.1) is 0 Å². The van der Waals surface area contributed by atoms with Crippen LogP contribution in [0.15, 0.2) is 30.5 Å². The van der Waals surface area contributed by atoms with Crippen molar-refractivity contribution < 1.29 is 29.6 Å². The SMILES string of the molecule is CNC(=O)c1cccc(OCc2cn([C@H]3CO[C@H](CO)C(O)[C@@H]3O)nn2)c1. The van der Waals surface area contributed by atoms with Crippen molar-refractivity contribution in [3.8, 4) is 5.75 Å². The van der Waals surface area contributed by atoms with Gasteiger partial charge in [-0.25, -0.2) is 4.68 Å². The number of ether oxygens (including phenoxy) is 2. The van der Waals surface area contributed by atoms with Crippen LogP contribution < -0.4 is 10.1 Å². The van der Waals surface area contributed by atoms with E-state index in [0.717, 1.165) is 0 Å². The van der Waals surface area contributed by atoms with Crippen LogP contribution in [0.3, 0.4) is 0 Å². The van der Waals surface area contributed by atoms with E-state index in [4.69, 9.17) is 14.6 Å². The number of carbonyl (C=O) groups is 1. The lowest BCUT2D eigenvalue weighted by Gasteiger charge is -2.36. The van der Waals surface area contributed by atoms with Crippen molar-refractivity contribution in [2.45, 2.75) is 31.0 Å². The minimum Gasteiger partial charge on any atom is -0.487 e. The fourth-order valence-electron chi connectivity index (χ4n) is 2.83. The molecule has 27 heavy (non-hydrogen) atoms. The molecule has 0 spiro atoms. The van der Waals surface area contributed by atoms with E-state index in [1.807, 2.05) is 0 Å². The fraction of sp³-hybridized carbons (Fsp3) is 0.471. The van der Waals surface area contributed by atoms with Crippen molar-refractivity contribution in [1.82, 2.24) is 20.3 Å². The van der Waals surface area contributed by atoms with Crippen molar-refractivity contribution in [2.75, 3.05) is 20.3 Å². The van der Waals surface area contributed by atoms with Crippen molar-refractivity contribution in [2.24, 2.45) is 0 Å². The molecule has 4 atom stereocenters. The number of nitrogens with zero attached hydrogens (tertiary/aromatic N) is 3. The summed E-state index contributed by atoms with van der Waals surface area (Å²) in [5.41, 5.74) is 0.986. The number of carbonyl (C=O) groups excluding carboxylic acids is 1. The molecule has 146 valence electrons. The summed E-state index contributed by atoms with van der Waals surface area (Å²) in [4.78, 5) is 11.7. The molecule has 0 bridgehead atoms. The number of hydrogen-bond donors (Lipinski definition) is 4. The van der Waals surface area contributed by atoms with Crippen LogP contribution in [0.2, 0.25) is 0 Å². The lowest BCUT2D eigenvalue weighted by Crippen LogP contribution is -2.52. The third-order valence-electron chi connectivity index (χ3n) is 4.39. The van der Waals surface area contributed by atoms with Gasteiger partial charge in [0.15, 0.2) is 0 Å². The molecule has 1 aliphatic rings. The van der Waals surface area contributed by atoms with Gasteiger partial charge in [0.1, 0.15) is 42.4 Å². The van der Waals surface area contributed by atoms with Gasteiger partial charge in [-0.3, -0.25) is 4.79 Å². The second-order valence-electron chi connectivity index (χ2n) is 6.19. The zero-order valence-electron chi connectivity index (χ0n) is 14.7. The minimum absolute atomic E-state index is 0.0846. The predicted octanol–water partition coefficient (Wildman–Crippen LogP) is -1.13. The zero-order chi connectivity index (χ0) is 19.4. The quantitative estimate of drug-likeness (QED) is 0.495. The Hall–Kier alpha value is -2.53. The van der Waals surface area contributed by atoms with Crippen LogP contribution in [0.1, 0.15) is 22.1 Å². The minimum atomic E-state index is -1.22. The predicted molar refractivity (Wildman–Crippen MR) is 92.1 cm³/mol. The maximum Gasteiger partial charge on any atom is 0.251 e. The second-order valence-corrected chi connectivity index (χ2v) is 6.19. The maximum atomic E-state index is 11.7. The lowest BCUT2D eigenvalue weighted by atomic mass is 9.98. The number of benzene rings is 1. The molecule has 0 aliphatic carbocycles. The average molecular weight is 378 g/mol. The summed E-state index contributed by atoms with van der Waals surface area (Å²) in [6.45, 7) is -0.180.